The van der Waals surface area contributed by atoms with Crippen molar-refractivity contribution in [1.29, 1.82) is 0 Å². The first-order valence-electron chi connectivity index (χ1n) is 9.41. The van der Waals surface area contributed by atoms with Crippen LogP contribution in [0.2, 0.25) is 0 Å². The summed E-state index contributed by atoms with van der Waals surface area (Å²) in [5.41, 5.74) is 7.48. The summed E-state index contributed by atoms with van der Waals surface area (Å²) in [5.74, 6) is -1.34. The summed E-state index contributed by atoms with van der Waals surface area (Å²) in [5, 5.41) is 2.73. The zero-order valence-corrected chi connectivity index (χ0v) is 16.5. The molecule has 0 aromatic heterocycles. The van der Waals surface area contributed by atoms with Crippen LogP contribution in [0.15, 0.2) is 42.5 Å². The van der Waals surface area contributed by atoms with Gasteiger partial charge in [0.1, 0.15) is 5.82 Å². The highest BCUT2D eigenvalue weighted by atomic mass is 19.1. The molecule has 3 rings (SSSR count). The third-order valence-electron chi connectivity index (χ3n) is 5.46. The molecule has 3 N–H and O–H groups in total. The molecule has 28 heavy (non-hydrogen) atoms. The summed E-state index contributed by atoms with van der Waals surface area (Å²) in [7, 11) is 0. The van der Waals surface area contributed by atoms with Crippen LogP contribution >= 0.6 is 0 Å². The smallest absolute Gasteiger partial charge is 0.258 e. The van der Waals surface area contributed by atoms with E-state index in [1.165, 1.54) is 18.2 Å². The third-order valence-corrected chi connectivity index (χ3v) is 5.46. The van der Waals surface area contributed by atoms with Gasteiger partial charge in [-0.25, -0.2) is 4.39 Å². The van der Waals surface area contributed by atoms with Crippen molar-refractivity contribution in [3.05, 3.63) is 65.0 Å². The van der Waals surface area contributed by atoms with Gasteiger partial charge >= 0.3 is 0 Å². The monoisotopic (exact) mass is 383 g/mol. The fourth-order valence-corrected chi connectivity index (χ4v) is 3.56. The van der Waals surface area contributed by atoms with Crippen molar-refractivity contribution in [2.75, 3.05) is 18.4 Å². The molecule has 0 saturated carbocycles. The fraction of sp³-hybridized carbons (Fsp3) is 0.364. The average molecular weight is 383 g/mol. The molecule has 0 radical (unpaired) electrons. The van der Waals surface area contributed by atoms with Gasteiger partial charge in [0.15, 0.2) is 0 Å². The Morgan fingerprint density at radius 1 is 1.14 bits per heavy atom. The second-order valence-electron chi connectivity index (χ2n) is 8.04. The molecule has 1 fully saturated rings. The van der Waals surface area contributed by atoms with E-state index in [1.54, 1.807) is 23.1 Å². The molecule has 1 saturated heterocycles. The van der Waals surface area contributed by atoms with Crippen LogP contribution < -0.4 is 11.1 Å². The maximum Gasteiger partial charge on any atom is 0.258 e. The molecule has 1 atom stereocenters. The lowest BCUT2D eigenvalue weighted by Gasteiger charge is -2.42. The molecule has 6 heteroatoms. The van der Waals surface area contributed by atoms with Gasteiger partial charge < -0.3 is 16.0 Å². The second kappa shape index (κ2) is 7.72. The molecule has 2 aromatic rings. The lowest BCUT2D eigenvalue weighted by atomic mass is 9.79. The van der Waals surface area contributed by atoms with E-state index < -0.39 is 11.7 Å². The highest BCUT2D eigenvalue weighted by molar-refractivity contribution is 6.09. The molecule has 148 valence electrons. The predicted molar refractivity (Wildman–Crippen MR) is 108 cm³/mol. The highest BCUT2D eigenvalue weighted by Gasteiger charge is 2.36. The lowest BCUT2D eigenvalue weighted by Crippen LogP contribution is -2.54. The number of nitrogens with two attached hydrogens (primary N) is 1. The SMILES string of the molecule is Cc1cccc(C(=O)N2CCC(N)C(C)(C)C2)c1NC(=O)c1ccccc1F. The standard InChI is InChI=1S/C22H26FN3O2/c1-14-7-6-9-16(21(28)26-12-11-18(24)22(2,3)13-26)19(14)25-20(27)15-8-4-5-10-17(15)23/h4-10,18H,11-13,24H2,1-3H3,(H,25,27). The Hall–Kier alpha value is -2.73. The van der Waals surface area contributed by atoms with Crippen LogP contribution in [0.4, 0.5) is 10.1 Å². The van der Waals surface area contributed by atoms with E-state index in [0.717, 1.165) is 12.0 Å². The van der Waals surface area contributed by atoms with Crippen molar-refractivity contribution >= 4 is 17.5 Å². The zero-order chi connectivity index (χ0) is 20.5. The second-order valence-corrected chi connectivity index (χ2v) is 8.04. The Balaban J connectivity index is 1.89. The third kappa shape index (κ3) is 3.92. The number of amides is 2. The molecule has 1 unspecified atom stereocenters. The first kappa shape index (κ1) is 20.0. The summed E-state index contributed by atoms with van der Waals surface area (Å²) in [6.45, 7) is 7.02. The quantitative estimate of drug-likeness (QED) is 0.851. The number of anilines is 1. The zero-order valence-electron chi connectivity index (χ0n) is 16.5. The molecule has 1 aliphatic heterocycles. The van der Waals surface area contributed by atoms with Gasteiger partial charge in [0, 0.05) is 19.1 Å². The maximum atomic E-state index is 14.0. The van der Waals surface area contributed by atoms with Gasteiger partial charge in [-0.05, 0) is 42.5 Å². The molecular weight excluding hydrogens is 357 g/mol. The topological polar surface area (TPSA) is 75.4 Å². The first-order valence-corrected chi connectivity index (χ1v) is 9.41. The van der Waals surface area contributed by atoms with Crippen molar-refractivity contribution in [3.63, 3.8) is 0 Å². The molecule has 0 bridgehead atoms. The van der Waals surface area contributed by atoms with Crippen molar-refractivity contribution in [2.45, 2.75) is 33.2 Å². The van der Waals surface area contributed by atoms with Crippen molar-refractivity contribution in [2.24, 2.45) is 11.1 Å². The number of para-hydroxylation sites is 1. The maximum absolute atomic E-state index is 14.0. The number of hydrogen-bond donors (Lipinski definition) is 2. The van der Waals surface area contributed by atoms with Gasteiger partial charge in [-0.2, -0.15) is 0 Å². The van der Waals surface area contributed by atoms with Gasteiger partial charge in [0.2, 0.25) is 0 Å². The van der Waals surface area contributed by atoms with Crippen LogP contribution in [0.5, 0.6) is 0 Å². The van der Waals surface area contributed by atoms with Crippen LogP contribution in [0.3, 0.4) is 0 Å². The Bertz CT molecular complexity index is 910. The van der Waals surface area contributed by atoms with E-state index in [-0.39, 0.29) is 22.9 Å². The number of aryl methyl sites for hydroxylation is 1. The number of nitrogens with zero attached hydrogens (tertiary/aromatic N) is 1. The highest BCUT2D eigenvalue weighted by Crippen LogP contribution is 2.30. The van der Waals surface area contributed by atoms with Gasteiger partial charge in [-0.3, -0.25) is 9.59 Å². The van der Waals surface area contributed by atoms with Gasteiger partial charge in [0.05, 0.1) is 16.8 Å². The summed E-state index contributed by atoms with van der Waals surface area (Å²) in [4.78, 5) is 27.6. The number of carbonyl (C=O) groups is 2. The largest absolute Gasteiger partial charge is 0.338 e. The van der Waals surface area contributed by atoms with Crippen LogP contribution in [-0.4, -0.2) is 35.8 Å². The molecule has 0 spiro atoms. The molecule has 1 aliphatic rings. The number of rotatable bonds is 3. The van der Waals surface area contributed by atoms with E-state index in [0.29, 0.717) is 24.3 Å². The number of piperidine rings is 1. The summed E-state index contributed by atoms with van der Waals surface area (Å²) >= 11 is 0. The Kier molecular flexibility index (Phi) is 5.52. The fourth-order valence-electron chi connectivity index (χ4n) is 3.56. The number of nitrogens with one attached hydrogen (secondary N) is 1. The molecule has 0 aliphatic carbocycles. The number of benzene rings is 2. The summed E-state index contributed by atoms with van der Waals surface area (Å²) < 4.78 is 14.0. The van der Waals surface area contributed by atoms with Gasteiger partial charge in [-0.1, -0.05) is 38.1 Å². The number of hydrogen-bond acceptors (Lipinski definition) is 3. The molecular formula is C22H26FN3O2. The predicted octanol–water partition coefficient (Wildman–Crippen LogP) is 3.59. The Morgan fingerprint density at radius 3 is 2.50 bits per heavy atom. The molecule has 2 aromatic carbocycles. The first-order chi connectivity index (χ1) is 13.2. The van der Waals surface area contributed by atoms with E-state index in [1.807, 2.05) is 26.8 Å². The van der Waals surface area contributed by atoms with Crippen LogP contribution in [0, 0.1) is 18.2 Å². The van der Waals surface area contributed by atoms with Crippen molar-refractivity contribution in [3.8, 4) is 0 Å². The Morgan fingerprint density at radius 2 is 1.82 bits per heavy atom. The van der Waals surface area contributed by atoms with Crippen molar-refractivity contribution < 1.29 is 14.0 Å². The molecule has 5 nitrogen and oxygen atoms in total. The number of carbonyl (C=O) groups excluding carboxylic acids is 2. The average Bonchev–Trinajstić information content (AvgIpc) is 2.65. The van der Waals surface area contributed by atoms with Crippen LogP contribution in [-0.2, 0) is 0 Å². The minimum atomic E-state index is -0.603. The molecule has 2 amide bonds. The minimum absolute atomic E-state index is 0.0364. The van der Waals surface area contributed by atoms with Gasteiger partial charge in [-0.15, -0.1) is 0 Å². The molecule has 1 heterocycles. The summed E-state index contributed by atoms with van der Waals surface area (Å²) in [6, 6.07) is 11.1. The van der Waals surface area contributed by atoms with Gasteiger partial charge in [0.25, 0.3) is 11.8 Å². The summed E-state index contributed by atoms with van der Waals surface area (Å²) in [6.07, 6.45) is 0.724. The lowest BCUT2D eigenvalue weighted by molar-refractivity contribution is 0.0534. The van der Waals surface area contributed by atoms with E-state index in [4.69, 9.17) is 5.73 Å². The normalized spacial score (nSPS) is 18.6. The van der Waals surface area contributed by atoms with Crippen LogP contribution in [0.1, 0.15) is 46.5 Å². The minimum Gasteiger partial charge on any atom is -0.338 e. The van der Waals surface area contributed by atoms with E-state index in [9.17, 15) is 14.0 Å². The van der Waals surface area contributed by atoms with E-state index >= 15 is 0 Å². The van der Waals surface area contributed by atoms with Crippen molar-refractivity contribution in [1.82, 2.24) is 4.90 Å². The Labute approximate surface area is 164 Å². The number of likely N-dealkylation sites (tertiary alicyclic amines) is 1. The number of halogens is 1. The van der Waals surface area contributed by atoms with Crippen LogP contribution in [0.25, 0.3) is 0 Å². The van der Waals surface area contributed by atoms with E-state index in [2.05, 4.69) is 5.32 Å².